The lowest BCUT2D eigenvalue weighted by Gasteiger charge is -2.41. The molecule has 3 heterocycles. The second kappa shape index (κ2) is 13.7. The molecule has 0 amide bonds. The van der Waals surface area contributed by atoms with Gasteiger partial charge in [-0.3, -0.25) is 0 Å². The Morgan fingerprint density at radius 2 is 1.39 bits per heavy atom. The number of hydrogen-bond donors (Lipinski definition) is 0. The van der Waals surface area contributed by atoms with E-state index >= 15 is 0 Å². The average molecular weight is 735 g/mol. The lowest BCUT2D eigenvalue weighted by molar-refractivity contribution is 0.749. The van der Waals surface area contributed by atoms with Gasteiger partial charge in [-0.05, 0) is 96.3 Å². The first kappa shape index (κ1) is 34.6. The molecule has 3 aliphatic rings. The summed E-state index contributed by atoms with van der Waals surface area (Å²) in [6.07, 6.45) is 20.9. The summed E-state index contributed by atoms with van der Waals surface area (Å²) in [5.41, 5.74) is 16.2. The summed E-state index contributed by atoms with van der Waals surface area (Å²) < 4.78 is 2.51. The molecule has 0 N–H and O–H groups in total. The van der Waals surface area contributed by atoms with Crippen LogP contribution in [0.1, 0.15) is 62.0 Å². The van der Waals surface area contributed by atoms with Gasteiger partial charge in [-0.2, -0.15) is 0 Å². The maximum atomic E-state index is 5.03. The van der Waals surface area contributed by atoms with Gasteiger partial charge in [-0.1, -0.05) is 152 Å². The molecule has 7 aromatic rings. The van der Waals surface area contributed by atoms with Crippen LogP contribution in [-0.4, -0.2) is 19.5 Å². The van der Waals surface area contributed by atoms with Gasteiger partial charge in [-0.15, -0.1) is 0 Å². The molecule has 5 aromatic carbocycles. The lowest BCUT2D eigenvalue weighted by atomic mass is 9.64. The predicted octanol–water partition coefficient (Wildman–Crippen LogP) is 13.3. The van der Waals surface area contributed by atoms with E-state index in [0.29, 0.717) is 17.5 Å². The van der Waals surface area contributed by atoms with Gasteiger partial charge in [0.25, 0.3) is 0 Å². The SMILES string of the molecule is C=C/C(=C\C=C/C)c1nc(C2=CCCC=C2)nc(-c2ccc(-c3cc4c5c(c3)c3ccccc3n5C(=C/C)/C(=C\C)C43c4ccccc4-c4ccccc43)cc2)n1. The minimum absolute atomic E-state index is 0.494. The average Bonchev–Trinajstić information content (AvgIpc) is 3.76. The number of hydrogen-bond acceptors (Lipinski definition) is 3. The molecule has 0 unspecified atom stereocenters. The highest BCUT2D eigenvalue weighted by molar-refractivity contribution is 6.16. The quantitative estimate of drug-likeness (QED) is 0.160. The molecule has 0 saturated heterocycles. The van der Waals surface area contributed by atoms with Crippen molar-refractivity contribution < 1.29 is 0 Å². The van der Waals surface area contributed by atoms with Crippen molar-refractivity contribution >= 4 is 38.6 Å². The normalized spacial score (nSPS) is 16.9. The molecule has 0 fully saturated rings. The molecule has 0 saturated carbocycles. The number of fused-ring (bicyclic) bond motifs is 9. The zero-order valence-corrected chi connectivity index (χ0v) is 32.5. The first-order chi connectivity index (χ1) is 28.1. The summed E-state index contributed by atoms with van der Waals surface area (Å²) in [5.74, 6) is 1.92. The van der Waals surface area contributed by atoms with E-state index < -0.39 is 5.41 Å². The number of rotatable bonds is 6. The van der Waals surface area contributed by atoms with Gasteiger partial charge in [0.05, 0.1) is 16.4 Å². The molecule has 10 rings (SSSR count). The van der Waals surface area contributed by atoms with Crippen LogP contribution >= 0.6 is 0 Å². The van der Waals surface area contributed by atoms with Crippen LogP contribution in [0, 0.1) is 0 Å². The van der Waals surface area contributed by atoms with E-state index in [0.717, 1.165) is 35.1 Å². The fourth-order valence-corrected chi connectivity index (χ4v) is 9.51. The summed E-state index contributed by atoms with van der Waals surface area (Å²) in [6.45, 7) is 10.4. The lowest BCUT2D eigenvalue weighted by Crippen LogP contribution is -2.35. The molecule has 2 aliphatic carbocycles. The second-order valence-electron chi connectivity index (χ2n) is 14.9. The zero-order chi connectivity index (χ0) is 38.7. The zero-order valence-electron chi connectivity index (χ0n) is 32.5. The van der Waals surface area contributed by atoms with E-state index in [4.69, 9.17) is 15.0 Å². The fourth-order valence-electron chi connectivity index (χ4n) is 9.51. The van der Waals surface area contributed by atoms with Crippen molar-refractivity contribution in [2.24, 2.45) is 0 Å². The molecular formula is C53H42N4. The van der Waals surface area contributed by atoms with Crippen LogP contribution in [0.25, 0.3) is 72.3 Å². The van der Waals surface area contributed by atoms with Crippen molar-refractivity contribution in [2.45, 2.75) is 39.0 Å². The Morgan fingerprint density at radius 1 is 0.684 bits per heavy atom. The minimum atomic E-state index is -0.494. The number of nitrogens with zero attached hydrogens (tertiary/aromatic N) is 4. The minimum Gasteiger partial charge on any atom is -0.309 e. The summed E-state index contributed by atoms with van der Waals surface area (Å²) in [7, 11) is 0. The Hall–Kier alpha value is -6.91. The van der Waals surface area contributed by atoms with Crippen LogP contribution in [0.5, 0.6) is 0 Å². The molecule has 1 aliphatic heterocycles. The fraction of sp³-hybridized carbons (Fsp3) is 0.113. The molecule has 0 radical (unpaired) electrons. The van der Waals surface area contributed by atoms with Gasteiger partial charge < -0.3 is 4.57 Å². The molecule has 0 bridgehead atoms. The molecular weight excluding hydrogens is 693 g/mol. The van der Waals surface area contributed by atoms with Gasteiger partial charge in [0, 0.05) is 33.2 Å². The van der Waals surface area contributed by atoms with E-state index in [9.17, 15) is 0 Å². The highest BCUT2D eigenvalue weighted by Crippen LogP contribution is 2.62. The van der Waals surface area contributed by atoms with Crippen LogP contribution in [-0.2, 0) is 5.41 Å². The topological polar surface area (TPSA) is 43.6 Å². The molecule has 4 nitrogen and oxygen atoms in total. The smallest absolute Gasteiger partial charge is 0.164 e. The third-order valence-electron chi connectivity index (χ3n) is 11.9. The number of para-hydroxylation sites is 1. The highest BCUT2D eigenvalue weighted by atomic mass is 15.0. The third kappa shape index (κ3) is 5.10. The van der Waals surface area contributed by atoms with Crippen molar-refractivity contribution in [2.75, 3.05) is 0 Å². The summed E-state index contributed by atoms with van der Waals surface area (Å²) in [6, 6.07) is 40.5. The summed E-state index contributed by atoms with van der Waals surface area (Å²) in [5, 5.41) is 2.50. The van der Waals surface area contributed by atoms with Crippen LogP contribution in [0.4, 0.5) is 0 Å². The first-order valence-electron chi connectivity index (χ1n) is 19.9. The van der Waals surface area contributed by atoms with Crippen molar-refractivity contribution in [3.63, 3.8) is 0 Å². The monoisotopic (exact) mass is 734 g/mol. The van der Waals surface area contributed by atoms with E-state index in [1.165, 1.54) is 66.5 Å². The maximum Gasteiger partial charge on any atom is 0.164 e. The summed E-state index contributed by atoms with van der Waals surface area (Å²) in [4.78, 5) is 14.9. The summed E-state index contributed by atoms with van der Waals surface area (Å²) >= 11 is 0. The van der Waals surface area contributed by atoms with Gasteiger partial charge in [0.15, 0.2) is 17.5 Å². The number of benzene rings is 5. The van der Waals surface area contributed by atoms with E-state index in [2.05, 4.69) is 165 Å². The predicted molar refractivity (Wildman–Crippen MR) is 239 cm³/mol. The van der Waals surface area contributed by atoms with Gasteiger partial charge in [-0.25, -0.2) is 15.0 Å². The number of allylic oxidation sites excluding steroid dienone is 13. The number of aromatic nitrogens is 4. The third-order valence-corrected chi connectivity index (χ3v) is 11.9. The van der Waals surface area contributed by atoms with Crippen molar-refractivity contribution in [3.8, 4) is 33.6 Å². The highest BCUT2D eigenvalue weighted by Gasteiger charge is 2.52. The Morgan fingerprint density at radius 3 is 2.07 bits per heavy atom. The molecule has 2 aromatic heterocycles. The Bertz CT molecular complexity index is 2950. The molecule has 4 heteroatoms. The first-order valence-corrected chi connectivity index (χ1v) is 19.9. The molecule has 0 atom stereocenters. The Balaban J connectivity index is 1.20. The van der Waals surface area contributed by atoms with E-state index in [1.54, 1.807) is 0 Å². The molecule has 57 heavy (non-hydrogen) atoms. The van der Waals surface area contributed by atoms with Crippen molar-refractivity contribution in [3.05, 3.63) is 204 Å². The van der Waals surface area contributed by atoms with Gasteiger partial charge >= 0.3 is 0 Å². The standard InChI is InChI=1S/C53H42N4/c1-5-9-19-34(6-2)50-54-51(36-20-11-10-12-21-36)56-52(55-50)37-30-28-35(29-31-37)38-32-42-41-24-15-18-27-48(41)57-47(8-4)43(7-3)53(46(33-38)49(42)57)44-25-16-13-22-39(44)40-23-14-17-26-45(40)53/h5-9,11,13-33H,2,10,12H2,1,3-4H3/b9-5-,34-19+,43-7+,47-8+. The molecule has 274 valence electrons. The van der Waals surface area contributed by atoms with Crippen LogP contribution in [0.15, 0.2) is 176 Å². The van der Waals surface area contributed by atoms with E-state index in [1.807, 2.05) is 31.2 Å². The van der Waals surface area contributed by atoms with Crippen LogP contribution < -0.4 is 0 Å². The van der Waals surface area contributed by atoms with Crippen LogP contribution in [0.2, 0.25) is 0 Å². The van der Waals surface area contributed by atoms with Crippen molar-refractivity contribution in [1.29, 1.82) is 0 Å². The van der Waals surface area contributed by atoms with Gasteiger partial charge in [0.2, 0.25) is 0 Å². The van der Waals surface area contributed by atoms with Crippen molar-refractivity contribution in [1.82, 2.24) is 19.5 Å². The second-order valence-corrected chi connectivity index (χ2v) is 14.9. The Labute approximate surface area is 334 Å². The maximum absolute atomic E-state index is 5.03. The molecule has 1 spiro atoms. The van der Waals surface area contributed by atoms with E-state index in [-0.39, 0.29) is 0 Å². The van der Waals surface area contributed by atoms with Gasteiger partial charge in [0.1, 0.15) is 0 Å². The van der Waals surface area contributed by atoms with Crippen LogP contribution in [0.3, 0.4) is 0 Å². The largest absolute Gasteiger partial charge is 0.309 e. The Kier molecular flexibility index (Phi) is 8.30.